The quantitative estimate of drug-likeness (QED) is 0.381. The maximum absolute atomic E-state index is 13.6. The Balaban J connectivity index is 1.55. The number of likely N-dealkylation sites (N-methyl/N-ethyl adjacent to an activating group) is 1. The number of hydrogen-bond donors (Lipinski definition) is 1. The van der Waals surface area contributed by atoms with Crippen molar-refractivity contribution in [3.05, 3.63) is 99.5 Å². The molecule has 0 fully saturated rings. The van der Waals surface area contributed by atoms with Crippen molar-refractivity contribution in [3.63, 3.8) is 0 Å². The topological polar surface area (TPSA) is 104 Å². The lowest BCUT2D eigenvalue weighted by atomic mass is 10.0. The summed E-state index contributed by atoms with van der Waals surface area (Å²) in [6, 6.07) is 19.5. The zero-order valence-corrected chi connectivity index (χ0v) is 23.5. The zero-order chi connectivity index (χ0) is 28.2. The van der Waals surface area contributed by atoms with E-state index in [0.29, 0.717) is 15.6 Å². The van der Waals surface area contributed by atoms with Gasteiger partial charge in [-0.3, -0.25) is 14.4 Å². The summed E-state index contributed by atoms with van der Waals surface area (Å²) in [6.45, 7) is -0.0848. The predicted molar refractivity (Wildman–Crippen MR) is 149 cm³/mol. The van der Waals surface area contributed by atoms with Gasteiger partial charge in [0.25, 0.3) is 15.9 Å². The SMILES string of the molecule is CNC(=O)[C@@H](Cc1ccccc1)N(Cc1ccc(Cl)c(Cl)c1)C(=O)CCCN1C(=O)c2ccccc2S1(=O)=O. The molecule has 1 aliphatic heterocycles. The molecule has 0 bridgehead atoms. The lowest BCUT2D eigenvalue weighted by molar-refractivity contribution is -0.141. The molecule has 39 heavy (non-hydrogen) atoms. The van der Waals surface area contributed by atoms with Crippen LogP contribution in [-0.4, -0.2) is 55.0 Å². The first-order valence-corrected chi connectivity index (χ1v) is 14.5. The van der Waals surface area contributed by atoms with Crippen LogP contribution < -0.4 is 5.32 Å². The van der Waals surface area contributed by atoms with Gasteiger partial charge in [-0.15, -0.1) is 0 Å². The van der Waals surface area contributed by atoms with Gasteiger partial charge in [-0.05, 0) is 41.8 Å². The fourth-order valence-corrected chi connectivity index (χ4v) is 6.45. The van der Waals surface area contributed by atoms with Crippen molar-refractivity contribution in [2.75, 3.05) is 13.6 Å². The summed E-state index contributed by atoms with van der Waals surface area (Å²) in [4.78, 5) is 40.8. The van der Waals surface area contributed by atoms with Gasteiger partial charge in [0, 0.05) is 33.0 Å². The van der Waals surface area contributed by atoms with E-state index in [4.69, 9.17) is 23.2 Å². The molecule has 1 heterocycles. The Morgan fingerprint density at radius 2 is 1.64 bits per heavy atom. The normalized spacial score (nSPS) is 14.5. The number of hydrogen-bond acceptors (Lipinski definition) is 5. The summed E-state index contributed by atoms with van der Waals surface area (Å²) < 4.78 is 26.6. The number of amides is 3. The van der Waals surface area contributed by atoms with Crippen molar-refractivity contribution >= 4 is 50.9 Å². The minimum Gasteiger partial charge on any atom is -0.357 e. The minimum atomic E-state index is -3.98. The molecule has 1 N–H and O–H groups in total. The Hall–Kier alpha value is -3.40. The van der Waals surface area contributed by atoms with Crippen molar-refractivity contribution in [3.8, 4) is 0 Å². The second-order valence-corrected chi connectivity index (χ2v) is 11.7. The molecule has 11 heteroatoms. The van der Waals surface area contributed by atoms with E-state index in [9.17, 15) is 22.8 Å². The molecule has 4 rings (SSSR count). The Morgan fingerprint density at radius 1 is 0.949 bits per heavy atom. The molecule has 3 aromatic rings. The molecule has 0 spiro atoms. The molecule has 3 aromatic carbocycles. The van der Waals surface area contributed by atoms with Gasteiger partial charge in [0.2, 0.25) is 11.8 Å². The van der Waals surface area contributed by atoms with Crippen molar-refractivity contribution < 1.29 is 22.8 Å². The van der Waals surface area contributed by atoms with E-state index in [1.807, 2.05) is 30.3 Å². The number of halogens is 2. The first-order valence-electron chi connectivity index (χ1n) is 12.3. The lowest BCUT2D eigenvalue weighted by Crippen LogP contribution is -2.49. The molecule has 0 aliphatic carbocycles. The molecule has 3 amide bonds. The van der Waals surface area contributed by atoms with Crippen LogP contribution in [0.15, 0.2) is 77.7 Å². The van der Waals surface area contributed by atoms with Crippen molar-refractivity contribution in [2.24, 2.45) is 0 Å². The number of carbonyl (C=O) groups is 3. The van der Waals surface area contributed by atoms with E-state index in [1.165, 1.54) is 24.1 Å². The van der Waals surface area contributed by atoms with Crippen molar-refractivity contribution in [1.29, 1.82) is 0 Å². The van der Waals surface area contributed by atoms with Crippen LogP contribution in [0.1, 0.15) is 34.3 Å². The molecular formula is C28H27Cl2N3O5S. The second kappa shape index (κ2) is 12.2. The van der Waals surface area contributed by atoms with Gasteiger partial charge in [-0.1, -0.05) is 71.7 Å². The van der Waals surface area contributed by atoms with Crippen molar-refractivity contribution in [2.45, 2.75) is 36.7 Å². The third-order valence-electron chi connectivity index (χ3n) is 6.52. The summed E-state index contributed by atoms with van der Waals surface area (Å²) >= 11 is 12.3. The van der Waals surface area contributed by atoms with E-state index in [1.54, 1.807) is 30.3 Å². The Morgan fingerprint density at radius 3 is 2.31 bits per heavy atom. The predicted octanol–water partition coefficient (Wildman–Crippen LogP) is 4.30. The molecule has 0 aromatic heterocycles. The van der Waals surface area contributed by atoms with Gasteiger partial charge in [0.05, 0.1) is 15.6 Å². The number of benzene rings is 3. The van der Waals surface area contributed by atoms with E-state index >= 15 is 0 Å². The highest BCUT2D eigenvalue weighted by molar-refractivity contribution is 7.90. The molecular weight excluding hydrogens is 561 g/mol. The summed E-state index contributed by atoms with van der Waals surface area (Å²) in [5.41, 5.74) is 1.66. The molecule has 1 aliphatic rings. The standard InChI is InChI=1S/C28H27Cl2N3O5S/c1-31-27(35)24(17-19-8-3-2-4-9-19)32(18-20-13-14-22(29)23(30)16-20)26(34)12-7-15-33-28(36)21-10-5-6-11-25(21)39(33,37)38/h2-6,8-11,13-14,16,24H,7,12,15,17-18H2,1H3,(H,31,35)/t24-/m1/s1. The summed E-state index contributed by atoms with van der Waals surface area (Å²) in [6.07, 6.45) is 0.266. The van der Waals surface area contributed by atoms with Crippen LogP contribution in [0.4, 0.5) is 0 Å². The van der Waals surface area contributed by atoms with Crippen LogP contribution in [0.2, 0.25) is 10.0 Å². The summed E-state index contributed by atoms with van der Waals surface area (Å²) in [7, 11) is -2.47. The molecule has 1 atom stereocenters. The third kappa shape index (κ3) is 6.27. The second-order valence-electron chi connectivity index (χ2n) is 9.07. The fourth-order valence-electron chi connectivity index (χ4n) is 4.52. The average Bonchev–Trinajstić information content (AvgIpc) is 3.13. The maximum Gasteiger partial charge on any atom is 0.269 e. The number of nitrogens with one attached hydrogen (secondary N) is 1. The van der Waals surface area contributed by atoms with Crippen molar-refractivity contribution in [1.82, 2.24) is 14.5 Å². The van der Waals surface area contributed by atoms with Gasteiger partial charge in [0.1, 0.15) is 10.9 Å². The van der Waals surface area contributed by atoms with Gasteiger partial charge in [-0.25, -0.2) is 12.7 Å². The number of nitrogens with zero attached hydrogens (tertiary/aromatic N) is 2. The van der Waals surface area contributed by atoms with Gasteiger partial charge in [0.15, 0.2) is 0 Å². The van der Waals surface area contributed by atoms with Crippen LogP contribution in [0.3, 0.4) is 0 Å². The average molecular weight is 589 g/mol. The Bertz CT molecular complexity index is 1500. The Labute approximate surface area is 237 Å². The summed E-state index contributed by atoms with van der Waals surface area (Å²) in [5, 5.41) is 3.32. The van der Waals surface area contributed by atoms with Gasteiger partial charge in [-0.2, -0.15) is 0 Å². The smallest absolute Gasteiger partial charge is 0.269 e. The van der Waals surface area contributed by atoms with Crippen LogP contribution in [0, 0.1) is 0 Å². The lowest BCUT2D eigenvalue weighted by Gasteiger charge is -2.31. The number of rotatable bonds is 10. The summed E-state index contributed by atoms with van der Waals surface area (Å²) in [5.74, 6) is -1.33. The Kier molecular flexibility index (Phi) is 8.94. The zero-order valence-electron chi connectivity index (χ0n) is 21.1. The fraction of sp³-hybridized carbons (Fsp3) is 0.250. The van der Waals surface area contributed by atoms with E-state index < -0.39 is 22.0 Å². The first-order chi connectivity index (χ1) is 18.6. The molecule has 0 saturated carbocycles. The highest BCUT2D eigenvalue weighted by atomic mass is 35.5. The van der Waals surface area contributed by atoms with E-state index in [0.717, 1.165) is 9.87 Å². The van der Waals surface area contributed by atoms with Gasteiger partial charge >= 0.3 is 0 Å². The number of sulfonamides is 1. The van der Waals surface area contributed by atoms with Crippen LogP contribution in [-0.2, 0) is 32.6 Å². The van der Waals surface area contributed by atoms with E-state index in [2.05, 4.69) is 5.32 Å². The molecule has 8 nitrogen and oxygen atoms in total. The van der Waals surface area contributed by atoms with E-state index in [-0.39, 0.29) is 54.6 Å². The van der Waals surface area contributed by atoms with Gasteiger partial charge < -0.3 is 10.2 Å². The minimum absolute atomic E-state index is 0.0369. The number of carbonyl (C=O) groups excluding carboxylic acids is 3. The first kappa shape index (κ1) is 28.6. The van der Waals surface area contributed by atoms with Crippen LogP contribution in [0.25, 0.3) is 0 Å². The number of fused-ring (bicyclic) bond motifs is 1. The molecule has 0 saturated heterocycles. The monoisotopic (exact) mass is 587 g/mol. The van der Waals surface area contributed by atoms with Crippen LogP contribution in [0.5, 0.6) is 0 Å². The highest BCUT2D eigenvalue weighted by Gasteiger charge is 2.40. The van der Waals surface area contributed by atoms with Crippen LogP contribution >= 0.6 is 23.2 Å². The third-order valence-corrected chi connectivity index (χ3v) is 9.10. The highest BCUT2D eigenvalue weighted by Crippen LogP contribution is 2.30. The largest absolute Gasteiger partial charge is 0.357 e. The molecule has 0 unspecified atom stereocenters. The maximum atomic E-state index is 13.6. The molecule has 0 radical (unpaired) electrons. The molecule has 204 valence electrons.